The van der Waals surface area contributed by atoms with Crippen LogP contribution in [0.5, 0.6) is 0 Å². The Morgan fingerprint density at radius 2 is 0.773 bits per heavy atom. The molecule has 204 valence electrons. The fourth-order valence-electron chi connectivity index (χ4n) is 7.21. The third-order valence-corrected chi connectivity index (χ3v) is 9.20. The van der Waals surface area contributed by atoms with Crippen molar-refractivity contribution in [2.75, 3.05) is 0 Å². The maximum Gasteiger partial charge on any atom is -0.00261 e. The fourth-order valence-corrected chi connectivity index (χ4v) is 7.21. The molecule has 0 unspecified atom stereocenters. The van der Waals surface area contributed by atoms with Crippen LogP contribution in [-0.4, -0.2) is 0 Å². The van der Waals surface area contributed by atoms with Gasteiger partial charge >= 0.3 is 0 Å². The van der Waals surface area contributed by atoms with Gasteiger partial charge in [0.25, 0.3) is 0 Å². The van der Waals surface area contributed by atoms with Gasteiger partial charge in [-0.25, -0.2) is 0 Å². The molecule has 0 aliphatic carbocycles. The molecule has 0 nitrogen and oxygen atoms in total. The lowest BCUT2D eigenvalue weighted by molar-refractivity contribution is 1.65. The van der Waals surface area contributed by atoms with Crippen LogP contribution in [0.3, 0.4) is 0 Å². The van der Waals surface area contributed by atoms with Crippen molar-refractivity contribution in [3.05, 3.63) is 170 Å². The van der Waals surface area contributed by atoms with Crippen molar-refractivity contribution in [1.29, 1.82) is 0 Å². The zero-order chi connectivity index (χ0) is 29.0. The van der Waals surface area contributed by atoms with Crippen LogP contribution < -0.4 is 0 Å². The summed E-state index contributed by atoms with van der Waals surface area (Å²) >= 11 is 0. The second-order valence-corrected chi connectivity index (χ2v) is 11.7. The third-order valence-electron chi connectivity index (χ3n) is 9.20. The first kappa shape index (κ1) is 24.8. The minimum absolute atomic E-state index is 1.23. The molecule has 0 radical (unpaired) electrons. The van der Waals surface area contributed by atoms with Gasteiger partial charge in [-0.1, -0.05) is 152 Å². The molecule has 0 atom stereocenters. The van der Waals surface area contributed by atoms with Crippen LogP contribution in [0.2, 0.25) is 0 Å². The predicted octanol–water partition coefficient (Wildman–Crippen LogP) is 12.5. The first-order valence-corrected chi connectivity index (χ1v) is 15.3. The van der Waals surface area contributed by atoms with E-state index in [4.69, 9.17) is 0 Å². The van der Waals surface area contributed by atoms with Crippen molar-refractivity contribution < 1.29 is 0 Å². The van der Waals surface area contributed by atoms with E-state index in [2.05, 4.69) is 170 Å². The van der Waals surface area contributed by atoms with Gasteiger partial charge in [0.15, 0.2) is 0 Å². The number of hydrogen-bond donors (Lipinski definition) is 0. The Hall–Kier alpha value is -5.72. The molecule has 0 aliphatic rings. The van der Waals surface area contributed by atoms with Gasteiger partial charge in [0.2, 0.25) is 0 Å². The lowest BCUT2D eigenvalue weighted by Gasteiger charge is -2.19. The van der Waals surface area contributed by atoms with E-state index in [1.165, 1.54) is 87.2 Å². The van der Waals surface area contributed by atoms with Crippen molar-refractivity contribution >= 4 is 53.9 Å². The summed E-state index contributed by atoms with van der Waals surface area (Å²) in [6, 6.07) is 62.4. The van der Waals surface area contributed by atoms with E-state index in [9.17, 15) is 0 Å². The monoisotopic (exact) mass is 556 g/mol. The van der Waals surface area contributed by atoms with Crippen LogP contribution in [-0.2, 0) is 0 Å². The average molecular weight is 557 g/mol. The summed E-state index contributed by atoms with van der Waals surface area (Å²) in [5, 5.41) is 12.7. The van der Waals surface area contributed by atoms with Gasteiger partial charge in [-0.15, -0.1) is 0 Å². The molecule has 9 rings (SSSR count). The summed E-state index contributed by atoms with van der Waals surface area (Å²) in [4.78, 5) is 0. The van der Waals surface area contributed by atoms with Gasteiger partial charge in [-0.2, -0.15) is 0 Å². The van der Waals surface area contributed by atoms with Gasteiger partial charge in [-0.3, -0.25) is 0 Å². The van der Waals surface area contributed by atoms with Crippen molar-refractivity contribution in [3.8, 4) is 33.4 Å². The molecule has 0 amide bonds. The first-order chi connectivity index (χ1) is 21.8. The van der Waals surface area contributed by atoms with E-state index in [-0.39, 0.29) is 0 Å². The molecule has 0 heteroatoms. The van der Waals surface area contributed by atoms with E-state index in [1.54, 1.807) is 0 Å². The summed E-state index contributed by atoms with van der Waals surface area (Å²) in [6.45, 7) is 0. The fraction of sp³-hybridized carbons (Fsp3) is 0. The highest BCUT2D eigenvalue weighted by molar-refractivity contribution is 6.23. The molecule has 0 fully saturated rings. The molecule has 44 heavy (non-hydrogen) atoms. The van der Waals surface area contributed by atoms with Crippen LogP contribution in [0.25, 0.3) is 87.2 Å². The normalized spacial score (nSPS) is 11.6. The molecule has 0 saturated heterocycles. The minimum Gasteiger partial charge on any atom is -0.0622 e. The highest BCUT2D eigenvalue weighted by atomic mass is 14.2. The molecule has 0 spiro atoms. The van der Waals surface area contributed by atoms with Gasteiger partial charge in [0.1, 0.15) is 0 Å². The highest BCUT2D eigenvalue weighted by Gasteiger charge is 2.18. The lowest BCUT2D eigenvalue weighted by Crippen LogP contribution is -1.92. The Kier molecular flexibility index (Phi) is 5.61. The van der Waals surface area contributed by atoms with Crippen molar-refractivity contribution in [1.82, 2.24) is 0 Å². The van der Waals surface area contributed by atoms with Crippen LogP contribution in [0.15, 0.2) is 170 Å². The van der Waals surface area contributed by atoms with E-state index >= 15 is 0 Å². The average Bonchev–Trinajstić information content (AvgIpc) is 3.10. The minimum atomic E-state index is 1.23. The van der Waals surface area contributed by atoms with Crippen LogP contribution in [0.1, 0.15) is 0 Å². The molecular weight excluding hydrogens is 528 g/mol. The SMILES string of the molecule is c1ccc(-c2c3ccccc3c(-c3ccc4ccccc4c3)c3ccc(-c4cc5ccccc5c5ccccc45)cc23)cc1. The van der Waals surface area contributed by atoms with Crippen molar-refractivity contribution in [3.63, 3.8) is 0 Å². The summed E-state index contributed by atoms with van der Waals surface area (Å²) in [5.74, 6) is 0. The van der Waals surface area contributed by atoms with Gasteiger partial charge in [0.05, 0.1) is 0 Å². The Labute approximate surface area is 256 Å². The van der Waals surface area contributed by atoms with E-state index < -0.39 is 0 Å². The highest BCUT2D eigenvalue weighted by Crippen LogP contribution is 2.46. The van der Waals surface area contributed by atoms with Crippen LogP contribution >= 0.6 is 0 Å². The maximum atomic E-state index is 2.44. The molecule has 0 heterocycles. The molecule has 0 N–H and O–H groups in total. The number of fused-ring (bicyclic) bond motifs is 6. The van der Waals surface area contributed by atoms with E-state index in [0.717, 1.165) is 0 Å². The topological polar surface area (TPSA) is 0 Å². The maximum absolute atomic E-state index is 2.44. The van der Waals surface area contributed by atoms with Crippen molar-refractivity contribution in [2.24, 2.45) is 0 Å². The quantitative estimate of drug-likeness (QED) is 0.150. The van der Waals surface area contributed by atoms with Crippen LogP contribution in [0.4, 0.5) is 0 Å². The smallest absolute Gasteiger partial charge is 0.00261 e. The Morgan fingerprint density at radius 1 is 0.227 bits per heavy atom. The molecule has 0 aromatic heterocycles. The van der Waals surface area contributed by atoms with E-state index in [1.807, 2.05) is 0 Å². The summed E-state index contributed by atoms with van der Waals surface area (Å²) in [5.41, 5.74) is 7.55. The summed E-state index contributed by atoms with van der Waals surface area (Å²) < 4.78 is 0. The first-order valence-electron chi connectivity index (χ1n) is 15.3. The molecule has 9 aromatic rings. The third kappa shape index (κ3) is 3.85. The van der Waals surface area contributed by atoms with Crippen LogP contribution in [0, 0.1) is 0 Å². The van der Waals surface area contributed by atoms with Gasteiger partial charge < -0.3 is 0 Å². The Balaban J connectivity index is 1.42. The number of rotatable bonds is 3. The molecule has 0 aliphatic heterocycles. The Bertz CT molecular complexity index is 2540. The summed E-state index contributed by atoms with van der Waals surface area (Å²) in [6.07, 6.45) is 0. The van der Waals surface area contributed by atoms with E-state index in [0.29, 0.717) is 0 Å². The molecule has 0 bridgehead atoms. The second-order valence-electron chi connectivity index (χ2n) is 11.7. The summed E-state index contributed by atoms with van der Waals surface area (Å²) in [7, 11) is 0. The molecule has 9 aromatic carbocycles. The molecular formula is C44H28. The second kappa shape index (κ2) is 9.93. The standard InChI is InChI=1S/C44H28/c1-2-13-30(14-3-1)43-38-20-10-11-21-39(38)44(34-23-22-29-12-4-5-15-31(29)26-34)40-25-24-33(28-42(40)43)41-27-32-16-6-7-17-35(32)36-18-8-9-19-37(36)41/h1-28H. The van der Waals surface area contributed by atoms with Gasteiger partial charge in [-0.05, 0) is 105 Å². The molecule has 0 saturated carbocycles. The zero-order valence-corrected chi connectivity index (χ0v) is 24.2. The largest absolute Gasteiger partial charge is 0.0622 e. The van der Waals surface area contributed by atoms with Gasteiger partial charge in [0, 0.05) is 0 Å². The van der Waals surface area contributed by atoms with Crippen molar-refractivity contribution in [2.45, 2.75) is 0 Å². The number of benzene rings is 9. The predicted molar refractivity (Wildman–Crippen MR) is 190 cm³/mol. The lowest BCUT2D eigenvalue weighted by atomic mass is 9.84. The Morgan fingerprint density at radius 3 is 1.55 bits per heavy atom. The number of hydrogen-bond acceptors (Lipinski definition) is 0. The zero-order valence-electron chi connectivity index (χ0n) is 24.2.